The van der Waals surface area contributed by atoms with Crippen LogP contribution in [-0.2, 0) is 27.1 Å². The summed E-state index contributed by atoms with van der Waals surface area (Å²) in [5, 5.41) is 0. The van der Waals surface area contributed by atoms with Gasteiger partial charge < -0.3 is 14.4 Å². The second kappa shape index (κ2) is 6.99. The molecule has 0 radical (unpaired) electrons. The number of pyridine rings is 1. The summed E-state index contributed by atoms with van der Waals surface area (Å²) in [5.41, 5.74) is 3.25. The molecule has 1 fully saturated rings. The largest absolute Gasteiger partial charge is 0.467 e. The first kappa shape index (κ1) is 16.9. The normalized spacial score (nSPS) is 22.2. The third-order valence-electron chi connectivity index (χ3n) is 4.87. The Morgan fingerprint density at radius 1 is 1.23 bits per heavy atom. The Hall–Kier alpha value is -2.54. The van der Waals surface area contributed by atoms with Crippen LogP contribution in [0.4, 0.5) is 5.82 Å². The molecule has 2 aromatic heterocycles. The molecule has 2 atom stereocenters. The number of hydrogen-bond donors (Lipinski definition) is 0. The predicted molar refractivity (Wildman–Crippen MR) is 95.9 cm³/mol. The van der Waals surface area contributed by atoms with Crippen molar-refractivity contribution in [2.24, 2.45) is 0 Å². The smallest absolute Gasteiger partial charge is 0.336 e. The Morgan fingerprint density at radius 3 is 2.81 bits per heavy atom. The molecule has 4 rings (SSSR count). The SMILES string of the molecule is COC(=O)C1CN(c2nc(-c3ccncc3)nc3c2CCC3)C[C@@H](C)O1. The molecule has 26 heavy (non-hydrogen) atoms. The third kappa shape index (κ3) is 3.14. The second-order valence-corrected chi connectivity index (χ2v) is 6.75. The van der Waals surface area contributed by atoms with Crippen LogP contribution in [0.5, 0.6) is 0 Å². The van der Waals surface area contributed by atoms with Crippen molar-refractivity contribution in [1.82, 2.24) is 15.0 Å². The van der Waals surface area contributed by atoms with Crippen molar-refractivity contribution in [2.45, 2.75) is 38.4 Å². The van der Waals surface area contributed by atoms with Crippen LogP contribution in [0.3, 0.4) is 0 Å². The zero-order chi connectivity index (χ0) is 18.1. The van der Waals surface area contributed by atoms with E-state index < -0.39 is 6.10 Å². The van der Waals surface area contributed by atoms with E-state index in [1.807, 2.05) is 19.1 Å². The number of nitrogens with zero attached hydrogens (tertiary/aromatic N) is 4. The molecule has 3 heterocycles. The second-order valence-electron chi connectivity index (χ2n) is 6.75. The van der Waals surface area contributed by atoms with Crippen molar-refractivity contribution in [3.05, 3.63) is 35.8 Å². The lowest BCUT2D eigenvalue weighted by Crippen LogP contribution is -2.50. The maximum Gasteiger partial charge on any atom is 0.336 e. The number of esters is 1. The first-order chi connectivity index (χ1) is 12.7. The monoisotopic (exact) mass is 354 g/mol. The number of carbonyl (C=O) groups excluding carboxylic acids is 1. The summed E-state index contributed by atoms with van der Waals surface area (Å²) in [4.78, 5) is 27.9. The molecule has 0 saturated carbocycles. The van der Waals surface area contributed by atoms with Crippen molar-refractivity contribution in [1.29, 1.82) is 0 Å². The van der Waals surface area contributed by atoms with E-state index in [1.165, 1.54) is 12.7 Å². The maximum atomic E-state index is 12.0. The average Bonchev–Trinajstić information content (AvgIpc) is 3.15. The molecular weight excluding hydrogens is 332 g/mol. The van der Waals surface area contributed by atoms with Gasteiger partial charge in [-0.25, -0.2) is 14.8 Å². The molecule has 0 spiro atoms. The van der Waals surface area contributed by atoms with Gasteiger partial charge in [-0.05, 0) is 38.3 Å². The van der Waals surface area contributed by atoms with E-state index in [4.69, 9.17) is 19.4 Å². The molecule has 1 unspecified atom stereocenters. The molecule has 2 aromatic rings. The Labute approximate surface area is 152 Å². The van der Waals surface area contributed by atoms with Crippen molar-refractivity contribution in [3.8, 4) is 11.4 Å². The number of ether oxygens (including phenoxy) is 2. The van der Waals surface area contributed by atoms with Crippen molar-refractivity contribution >= 4 is 11.8 Å². The van der Waals surface area contributed by atoms with E-state index in [9.17, 15) is 4.79 Å². The third-order valence-corrected chi connectivity index (χ3v) is 4.87. The summed E-state index contributed by atoms with van der Waals surface area (Å²) >= 11 is 0. The van der Waals surface area contributed by atoms with Gasteiger partial charge in [0.05, 0.1) is 19.8 Å². The van der Waals surface area contributed by atoms with E-state index in [1.54, 1.807) is 12.4 Å². The molecule has 1 aliphatic heterocycles. The van der Waals surface area contributed by atoms with Crippen LogP contribution in [-0.4, -0.2) is 53.3 Å². The zero-order valence-corrected chi connectivity index (χ0v) is 15.0. The number of rotatable bonds is 3. The number of methoxy groups -OCH3 is 1. The highest BCUT2D eigenvalue weighted by Crippen LogP contribution is 2.32. The van der Waals surface area contributed by atoms with Gasteiger partial charge in [-0.1, -0.05) is 0 Å². The molecule has 1 saturated heterocycles. The minimum absolute atomic E-state index is 0.0794. The Bertz CT molecular complexity index is 812. The standard InChI is InChI=1S/C19H22N4O3/c1-12-10-23(11-16(26-12)19(24)25-2)18-14-4-3-5-15(14)21-17(22-18)13-6-8-20-9-7-13/h6-9,12,16H,3-5,10-11H2,1-2H3/t12-,16?/m1/s1. The van der Waals surface area contributed by atoms with E-state index in [2.05, 4.69) is 9.88 Å². The van der Waals surface area contributed by atoms with Gasteiger partial charge in [-0.3, -0.25) is 4.98 Å². The highest BCUT2D eigenvalue weighted by molar-refractivity contribution is 5.76. The Kier molecular flexibility index (Phi) is 4.55. The zero-order valence-electron chi connectivity index (χ0n) is 15.0. The Balaban J connectivity index is 1.73. The van der Waals surface area contributed by atoms with Gasteiger partial charge in [0.25, 0.3) is 0 Å². The van der Waals surface area contributed by atoms with Crippen LogP contribution in [0, 0.1) is 0 Å². The van der Waals surface area contributed by atoms with E-state index in [0.717, 1.165) is 36.3 Å². The lowest BCUT2D eigenvalue weighted by Gasteiger charge is -2.37. The number of fused-ring (bicyclic) bond motifs is 1. The summed E-state index contributed by atoms with van der Waals surface area (Å²) in [6.07, 6.45) is 5.83. The number of aromatic nitrogens is 3. The molecule has 2 aliphatic rings. The molecule has 0 bridgehead atoms. The van der Waals surface area contributed by atoms with E-state index in [-0.39, 0.29) is 12.1 Å². The molecule has 0 aromatic carbocycles. The highest BCUT2D eigenvalue weighted by Gasteiger charge is 2.34. The number of aryl methyl sites for hydroxylation is 1. The summed E-state index contributed by atoms with van der Waals surface area (Å²) in [6.45, 7) is 3.09. The summed E-state index contributed by atoms with van der Waals surface area (Å²) in [6, 6.07) is 3.83. The van der Waals surface area contributed by atoms with Crippen LogP contribution in [0.15, 0.2) is 24.5 Å². The quantitative estimate of drug-likeness (QED) is 0.778. The van der Waals surface area contributed by atoms with Gasteiger partial charge in [0.1, 0.15) is 5.82 Å². The van der Waals surface area contributed by atoms with Gasteiger partial charge in [0.2, 0.25) is 0 Å². The van der Waals surface area contributed by atoms with Gasteiger partial charge in [0, 0.05) is 35.8 Å². The summed E-state index contributed by atoms with van der Waals surface area (Å²) < 4.78 is 10.6. The fourth-order valence-corrected chi connectivity index (χ4v) is 3.69. The summed E-state index contributed by atoms with van der Waals surface area (Å²) in [7, 11) is 1.39. The molecule has 0 N–H and O–H groups in total. The van der Waals surface area contributed by atoms with E-state index in [0.29, 0.717) is 18.9 Å². The van der Waals surface area contributed by atoms with Gasteiger partial charge in [-0.2, -0.15) is 0 Å². The van der Waals surface area contributed by atoms with Crippen LogP contribution in [0.25, 0.3) is 11.4 Å². The topological polar surface area (TPSA) is 77.4 Å². The molecule has 7 nitrogen and oxygen atoms in total. The Morgan fingerprint density at radius 2 is 2.04 bits per heavy atom. The highest BCUT2D eigenvalue weighted by atomic mass is 16.6. The number of anilines is 1. The number of carbonyl (C=O) groups is 1. The van der Waals surface area contributed by atoms with Crippen molar-refractivity contribution in [2.75, 3.05) is 25.1 Å². The minimum Gasteiger partial charge on any atom is -0.467 e. The molecule has 136 valence electrons. The fraction of sp³-hybridized carbons (Fsp3) is 0.474. The predicted octanol–water partition coefficient (Wildman–Crippen LogP) is 1.79. The van der Waals surface area contributed by atoms with Crippen LogP contribution >= 0.6 is 0 Å². The number of morpholine rings is 1. The molecule has 7 heteroatoms. The number of hydrogen-bond acceptors (Lipinski definition) is 7. The van der Waals surface area contributed by atoms with Gasteiger partial charge >= 0.3 is 5.97 Å². The lowest BCUT2D eigenvalue weighted by molar-refractivity contribution is -0.158. The van der Waals surface area contributed by atoms with Crippen LogP contribution in [0.1, 0.15) is 24.6 Å². The maximum absolute atomic E-state index is 12.0. The van der Waals surface area contributed by atoms with Gasteiger partial charge in [0.15, 0.2) is 11.9 Å². The molecule has 1 aliphatic carbocycles. The van der Waals surface area contributed by atoms with Gasteiger partial charge in [-0.15, -0.1) is 0 Å². The van der Waals surface area contributed by atoms with Crippen LogP contribution in [0.2, 0.25) is 0 Å². The average molecular weight is 354 g/mol. The van der Waals surface area contributed by atoms with E-state index >= 15 is 0 Å². The minimum atomic E-state index is -0.597. The van der Waals surface area contributed by atoms with Crippen LogP contribution < -0.4 is 4.90 Å². The van der Waals surface area contributed by atoms with Crippen molar-refractivity contribution in [3.63, 3.8) is 0 Å². The molecule has 0 amide bonds. The summed E-state index contributed by atoms with van der Waals surface area (Å²) in [5.74, 6) is 1.28. The lowest BCUT2D eigenvalue weighted by atomic mass is 10.1. The van der Waals surface area contributed by atoms with Crippen molar-refractivity contribution < 1.29 is 14.3 Å². The fourth-order valence-electron chi connectivity index (χ4n) is 3.69. The first-order valence-corrected chi connectivity index (χ1v) is 8.94. The molecular formula is C19H22N4O3. The first-order valence-electron chi connectivity index (χ1n) is 8.94.